The van der Waals surface area contributed by atoms with E-state index in [2.05, 4.69) is 23.8 Å². The number of hydrogen-bond donors (Lipinski definition) is 1. The smallest absolute Gasteiger partial charge is 0.339 e. The topological polar surface area (TPSA) is 62.2 Å². The first-order valence-corrected chi connectivity index (χ1v) is 11.2. The van der Waals surface area contributed by atoms with E-state index in [1.54, 1.807) is 12.1 Å². The zero-order valence-electron chi connectivity index (χ0n) is 18.5. The molecule has 2 heterocycles. The second-order valence-electron chi connectivity index (χ2n) is 8.62. The highest BCUT2D eigenvalue weighted by atomic mass is 16.5. The summed E-state index contributed by atoms with van der Waals surface area (Å²) >= 11 is 0. The quantitative estimate of drug-likeness (QED) is 0.643. The van der Waals surface area contributed by atoms with Gasteiger partial charge in [0.2, 0.25) is 0 Å². The molecular weight excluding hydrogens is 392 g/mol. The van der Waals surface area contributed by atoms with E-state index >= 15 is 0 Å². The molecule has 0 radical (unpaired) electrons. The fourth-order valence-electron chi connectivity index (χ4n) is 4.19. The number of esters is 1. The van der Waals surface area contributed by atoms with Crippen LogP contribution in [0.15, 0.2) is 36.4 Å². The number of piperazine rings is 1. The van der Waals surface area contributed by atoms with E-state index < -0.39 is 0 Å². The first-order chi connectivity index (χ1) is 15.0. The van der Waals surface area contributed by atoms with Crippen LogP contribution in [0.2, 0.25) is 0 Å². The van der Waals surface area contributed by atoms with E-state index in [0.717, 1.165) is 68.7 Å². The Balaban J connectivity index is 1.36. The van der Waals surface area contributed by atoms with Crippen LogP contribution in [0.25, 0.3) is 0 Å². The zero-order valence-corrected chi connectivity index (χ0v) is 18.5. The second kappa shape index (κ2) is 9.71. The van der Waals surface area contributed by atoms with Crippen LogP contribution in [0.3, 0.4) is 0 Å². The Labute approximate surface area is 184 Å². The van der Waals surface area contributed by atoms with Crippen LogP contribution in [-0.2, 0) is 17.9 Å². The lowest BCUT2D eigenvalue weighted by molar-refractivity contribution is 0.0364. The van der Waals surface area contributed by atoms with Crippen molar-refractivity contribution in [3.63, 3.8) is 0 Å². The lowest BCUT2D eigenvalue weighted by Gasteiger charge is -2.32. The molecule has 0 saturated carbocycles. The highest BCUT2D eigenvalue weighted by Crippen LogP contribution is 2.36. The molecule has 2 aliphatic heterocycles. The Kier molecular flexibility index (Phi) is 6.78. The zero-order chi connectivity index (χ0) is 21.8. The van der Waals surface area contributed by atoms with Gasteiger partial charge in [-0.15, -0.1) is 0 Å². The monoisotopic (exact) mass is 424 g/mol. The van der Waals surface area contributed by atoms with Crippen LogP contribution in [-0.4, -0.2) is 54.1 Å². The number of phenolic OH excluding ortho intramolecular Hbond substituents is 1. The summed E-state index contributed by atoms with van der Waals surface area (Å²) in [6.45, 7) is 7.36. The van der Waals surface area contributed by atoms with E-state index in [9.17, 15) is 9.90 Å². The molecule has 2 aromatic rings. The summed E-state index contributed by atoms with van der Waals surface area (Å²) in [6, 6.07) is 11.3. The maximum Gasteiger partial charge on any atom is 0.339 e. The molecule has 1 saturated heterocycles. The molecule has 1 N–H and O–H groups in total. The lowest BCUT2D eigenvalue weighted by Crippen LogP contribution is -2.43. The van der Waals surface area contributed by atoms with Gasteiger partial charge in [-0.3, -0.25) is 4.90 Å². The van der Waals surface area contributed by atoms with Gasteiger partial charge in [-0.05, 0) is 43.7 Å². The fourth-order valence-corrected chi connectivity index (χ4v) is 4.19. The van der Waals surface area contributed by atoms with Gasteiger partial charge in [0.15, 0.2) is 0 Å². The molecule has 2 aliphatic rings. The number of rotatable bonds is 8. The summed E-state index contributed by atoms with van der Waals surface area (Å²) in [6.07, 6.45) is 2.83. The number of fused-ring (bicyclic) bond motifs is 1. The lowest BCUT2D eigenvalue weighted by atomic mass is 10.0. The van der Waals surface area contributed by atoms with Crippen molar-refractivity contribution in [2.24, 2.45) is 0 Å². The highest BCUT2D eigenvalue weighted by molar-refractivity contribution is 5.94. The minimum Gasteiger partial charge on any atom is -0.508 e. The van der Waals surface area contributed by atoms with Crippen molar-refractivity contribution < 1.29 is 19.4 Å². The van der Waals surface area contributed by atoms with Crippen LogP contribution in [0.4, 0.5) is 0 Å². The van der Waals surface area contributed by atoms with E-state index in [4.69, 9.17) is 9.47 Å². The summed E-state index contributed by atoms with van der Waals surface area (Å²) in [4.78, 5) is 16.9. The number of nitrogens with zero attached hydrogens (tertiary/aromatic N) is 2. The van der Waals surface area contributed by atoms with Gasteiger partial charge < -0.3 is 19.5 Å². The first kappa shape index (κ1) is 21.7. The molecule has 0 aliphatic carbocycles. The van der Waals surface area contributed by atoms with Gasteiger partial charge >= 0.3 is 5.97 Å². The summed E-state index contributed by atoms with van der Waals surface area (Å²) in [5.74, 6) is 0.664. The van der Waals surface area contributed by atoms with Crippen LogP contribution in [0.5, 0.6) is 11.5 Å². The Bertz CT molecular complexity index is 922. The molecule has 0 spiro atoms. The Morgan fingerprint density at radius 3 is 2.68 bits per heavy atom. The Hall–Kier alpha value is -2.57. The largest absolute Gasteiger partial charge is 0.508 e. The summed E-state index contributed by atoms with van der Waals surface area (Å²) in [7, 11) is 2.14. The van der Waals surface area contributed by atoms with Crippen molar-refractivity contribution >= 4 is 5.97 Å². The molecule has 31 heavy (non-hydrogen) atoms. The highest BCUT2D eigenvalue weighted by Gasteiger charge is 2.30. The molecule has 0 amide bonds. The maximum absolute atomic E-state index is 12.2. The minimum atomic E-state index is -0.271. The molecule has 0 aromatic heterocycles. The molecule has 0 bridgehead atoms. The molecule has 6 nitrogen and oxygen atoms in total. The van der Waals surface area contributed by atoms with Crippen LogP contribution in [0.1, 0.15) is 59.3 Å². The minimum absolute atomic E-state index is 0.138. The van der Waals surface area contributed by atoms with Gasteiger partial charge in [-0.2, -0.15) is 0 Å². The fraction of sp³-hybridized carbons (Fsp3) is 0.480. The van der Waals surface area contributed by atoms with Crippen molar-refractivity contribution in [2.75, 3.05) is 33.2 Å². The summed E-state index contributed by atoms with van der Waals surface area (Å²) in [5, 5.41) is 10.5. The van der Waals surface area contributed by atoms with Crippen molar-refractivity contribution in [3.05, 3.63) is 58.7 Å². The van der Waals surface area contributed by atoms with Gasteiger partial charge in [-0.1, -0.05) is 31.5 Å². The van der Waals surface area contributed by atoms with Crippen molar-refractivity contribution in [1.82, 2.24) is 9.80 Å². The molecule has 166 valence electrons. The molecule has 6 heteroatoms. The second-order valence-corrected chi connectivity index (χ2v) is 8.62. The number of carbonyl (C=O) groups excluding carboxylic acids is 1. The van der Waals surface area contributed by atoms with E-state index in [0.29, 0.717) is 23.7 Å². The molecule has 2 aromatic carbocycles. The van der Waals surface area contributed by atoms with Crippen molar-refractivity contribution in [1.29, 1.82) is 0 Å². The van der Waals surface area contributed by atoms with Gasteiger partial charge in [0, 0.05) is 43.9 Å². The van der Waals surface area contributed by atoms with Gasteiger partial charge in [-0.25, -0.2) is 4.79 Å². The maximum atomic E-state index is 12.2. The molecular formula is C25H32N2O4. The van der Waals surface area contributed by atoms with Crippen LogP contribution >= 0.6 is 0 Å². The van der Waals surface area contributed by atoms with Gasteiger partial charge in [0.25, 0.3) is 0 Å². The van der Waals surface area contributed by atoms with Crippen molar-refractivity contribution in [3.8, 4) is 11.5 Å². The number of benzene rings is 2. The number of cyclic esters (lactones) is 1. The average molecular weight is 425 g/mol. The van der Waals surface area contributed by atoms with Crippen molar-refractivity contribution in [2.45, 2.75) is 45.4 Å². The van der Waals surface area contributed by atoms with Gasteiger partial charge in [0.1, 0.15) is 24.2 Å². The standard InChI is InChI=1S/C25H32N2O4/c1-3-4-5-24-21-9-8-20(15-22(21)25(29)31-24)30-17-18-6-7-19(23(28)14-18)16-27-12-10-26(2)11-13-27/h6-9,14-15,24,28H,3-5,10-13,16-17H2,1-2H3. The van der Waals surface area contributed by atoms with Gasteiger partial charge in [0.05, 0.1) is 5.56 Å². The number of likely N-dealkylation sites (N-methyl/N-ethyl adjacent to an activating group) is 1. The Morgan fingerprint density at radius 2 is 1.94 bits per heavy atom. The average Bonchev–Trinajstić information content (AvgIpc) is 3.09. The predicted molar refractivity (Wildman–Crippen MR) is 119 cm³/mol. The van der Waals surface area contributed by atoms with Crippen LogP contribution < -0.4 is 4.74 Å². The normalized spacial score (nSPS) is 19.3. The number of carbonyl (C=O) groups is 1. The van der Waals surface area contributed by atoms with E-state index in [1.807, 2.05) is 24.3 Å². The molecule has 1 fully saturated rings. The molecule has 1 atom stereocenters. The number of phenols is 1. The number of unbranched alkanes of at least 4 members (excludes halogenated alkanes) is 1. The predicted octanol–water partition coefficient (Wildman–Crippen LogP) is 4.12. The van der Waals surface area contributed by atoms with E-state index in [1.165, 1.54) is 0 Å². The molecule has 4 rings (SSSR count). The third-order valence-corrected chi connectivity index (χ3v) is 6.21. The number of ether oxygens (including phenoxy) is 2. The SMILES string of the molecule is CCCCC1OC(=O)c2cc(OCc3ccc(CN4CCN(C)CC4)c(O)c3)ccc21. The number of hydrogen-bond acceptors (Lipinski definition) is 6. The Morgan fingerprint density at radius 1 is 1.13 bits per heavy atom. The summed E-state index contributed by atoms with van der Waals surface area (Å²) in [5.41, 5.74) is 3.39. The van der Waals surface area contributed by atoms with Crippen LogP contribution in [0, 0.1) is 0 Å². The number of aromatic hydroxyl groups is 1. The molecule has 1 unspecified atom stereocenters. The summed E-state index contributed by atoms with van der Waals surface area (Å²) < 4.78 is 11.4. The van der Waals surface area contributed by atoms with E-state index in [-0.39, 0.29) is 12.1 Å². The third kappa shape index (κ3) is 5.20. The first-order valence-electron chi connectivity index (χ1n) is 11.2. The third-order valence-electron chi connectivity index (χ3n) is 6.21.